The highest BCUT2D eigenvalue weighted by Crippen LogP contribution is 2.10. The van der Waals surface area contributed by atoms with Gasteiger partial charge in [0.25, 0.3) is 0 Å². The SMILES string of the molecule is C[C@H]1CN(C(=O)CCOc2ccccc2)CCO1. The molecular formula is C14H19NO3. The Morgan fingerprint density at radius 1 is 1.44 bits per heavy atom. The van der Waals surface area contributed by atoms with Crippen LogP contribution in [0.3, 0.4) is 0 Å². The lowest BCUT2D eigenvalue weighted by Crippen LogP contribution is -2.44. The summed E-state index contributed by atoms with van der Waals surface area (Å²) in [6.07, 6.45) is 0.555. The predicted octanol–water partition coefficient (Wildman–Crippen LogP) is 1.70. The average molecular weight is 249 g/mol. The Morgan fingerprint density at radius 3 is 2.94 bits per heavy atom. The van der Waals surface area contributed by atoms with Crippen LogP contribution in [-0.4, -0.2) is 43.2 Å². The summed E-state index contributed by atoms with van der Waals surface area (Å²) in [4.78, 5) is 13.8. The van der Waals surface area contributed by atoms with Crippen LogP contribution in [0.5, 0.6) is 5.75 Å². The molecule has 0 radical (unpaired) electrons. The van der Waals surface area contributed by atoms with Crippen molar-refractivity contribution in [2.45, 2.75) is 19.4 Å². The molecule has 0 saturated carbocycles. The maximum atomic E-state index is 11.9. The third-order valence-electron chi connectivity index (χ3n) is 2.92. The van der Waals surface area contributed by atoms with E-state index >= 15 is 0 Å². The van der Waals surface area contributed by atoms with Gasteiger partial charge < -0.3 is 14.4 Å². The van der Waals surface area contributed by atoms with Gasteiger partial charge in [0.15, 0.2) is 0 Å². The van der Waals surface area contributed by atoms with Gasteiger partial charge in [-0.05, 0) is 19.1 Å². The topological polar surface area (TPSA) is 38.8 Å². The fourth-order valence-electron chi connectivity index (χ4n) is 1.98. The van der Waals surface area contributed by atoms with Gasteiger partial charge in [-0.1, -0.05) is 18.2 Å². The summed E-state index contributed by atoms with van der Waals surface area (Å²) in [6.45, 7) is 4.42. The highest BCUT2D eigenvalue weighted by atomic mass is 16.5. The maximum Gasteiger partial charge on any atom is 0.226 e. The van der Waals surface area contributed by atoms with Crippen LogP contribution in [0.15, 0.2) is 30.3 Å². The number of benzene rings is 1. The molecule has 0 spiro atoms. The molecule has 0 N–H and O–H groups in total. The number of ether oxygens (including phenoxy) is 2. The maximum absolute atomic E-state index is 11.9. The average Bonchev–Trinajstić information content (AvgIpc) is 2.40. The summed E-state index contributed by atoms with van der Waals surface area (Å²) in [5.41, 5.74) is 0. The van der Waals surface area contributed by atoms with Gasteiger partial charge in [0.05, 0.1) is 25.7 Å². The molecule has 0 aliphatic carbocycles. The molecule has 4 nitrogen and oxygen atoms in total. The van der Waals surface area contributed by atoms with E-state index in [4.69, 9.17) is 9.47 Å². The van der Waals surface area contributed by atoms with E-state index in [0.717, 1.165) is 5.75 Å². The number of para-hydroxylation sites is 1. The Balaban J connectivity index is 1.71. The smallest absolute Gasteiger partial charge is 0.226 e. The minimum Gasteiger partial charge on any atom is -0.493 e. The summed E-state index contributed by atoms with van der Waals surface area (Å²) < 4.78 is 10.9. The quantitative estimate of drug-likeness (QED) is 0.815. The molecule has 0 bridgehead atoms. The molecule has 1 atom stereocenters. The number of carbonyl (C=O) groups is 1. The van der Waals surface area contributed by atoms with Crippen LogP contribution in [0.4, 0.5) is 0 Å². The first-order chi connectivity index (χ1) is 8.75. The Labute approximate surface area is 107 Å². The fourth-order valence-corrected chi connectivity index (χ4v) is 1.98. The summed E-state index contributed by atoms with van der Waals surface area (Å²) in [5.74, 6) is 0.946. The summed E-state index contributed by atoms with van der Waals surface area (Å²) in [7, 11) is 0. The van der Waals surface area contributed by atoms with Crippen LogP contribution >= 0.6 is 0 Å². The van der Waals surface area contributed by atoms with Crippen molar-refractivity contribution < 1.29 is 14.3 Å². The lowest BCUT2D eigenvalue weighted by molar-refractivity contribution is -0.138. The minimum atomic E-state index is 0.137. The monoisotopic (exact) mass is 249 g/mol. The summed E-state index contributed by atoms with van der Waals surface area (Å²) in [5, 5.41) is 0. The first-order valence-electron chi connectivity index (χ1n) is 6.33. The second-order valence-corrected chi connectivity index (χ2v) is 4.43. The van der Waals surface area contributed by atoms with Gasteiger partial charge >= 0.3 is 0 Å². The molecule has 18 heavy (non-hydrogen) atoms. The molecule has 1 fully saturated rings. The second kappa shape index (κ2) is 6.40. The van der Waals surface area contributed by atoms with Gasteiger partial charge in [0, 0.05) is 13.1 Å². The molecule has 0 aromatic heterocycles. The highest BCUT2D eigenvalue weighted by Gasteiger charge is 2.20. The second-order valence-electron chi connectivity index (χ2n) is 4.43. The van der Waals surface area contributed by atoms with Crippen molar-refractivity contribution in [1.82, 2.24) is 4.90 Å². The molecule has 4 heteroatoms. The van der Waals surface area contributed by atoms with Crippen LogP contribution in [0.1, 0.15) is 13.3 Å². The number of rotatable bonds is 4. The standard InChI is InChI=1S/C14H19NO3/c1-12-11-15(8-10-17-12)14(16)7-9-18-13-5-3-2-4-6-13/h2-6,12H,7-11H2,1H3/t12-/m0/s1. The van der Waals surface area contributed by atoms with Gasteiger partial charge in [-0.3, -0.25) is 4.79 Å². The van der Waals surface area contributed by atoms with Crippen molar-refractivity contribution in [3.05, 3.63) is 30.3 Å². The van der Waals surface area contributed by atoms with Crippen LogP contribution in [0, 0.1) is 0 Å². The van der Waals surface area contributed by atoms with Crippen molar-refractivity contribution in [3.63, 3.8) is 0 Å². The summed E-state index contributed by atoms with van der Waals surface area (Å²) in [6, 6.07) is 9.55. The number of hydrogen-bond donors (Lipinski definition) is 0. The third kappa shape index (κ3) is 3.74. The Kier molecular flexibility index (Phi) is 4.59. The van der Waals surface area contributed by atoms with Crippen molar-refractivity contribution in [3.8, 4) is 5.75 Å². The van der Waals surface area contributed by atoms with Crippen molar-refractivity contribution >= 4 is 5.91 Å². The predicted molar refractivity (Wildman–Crippen MR) is 68.5 cm³/mol. The molecule has 1 heterocycles. The van der Waals surface area contributed by atoms with E-state index in [2.05, 4.69) is 0 Å². The van der Waals surface area contributed by atoms with Crippen LogP contribution in [0.25, 0.3) is 0 Å². The van der Waals surface area contributed by atoms with E-state index in [-0.39, 0.29) is 12.0 Å². The minimum absolute atomic E-state index is 0.137. The highest BCUT2D eigenvalue weighted by molar-refractivity contribution is 5.76. The largest absolute Gasteiger partial charge is 0.493 e. The molecule has 1 aliphatic rings. The van der Waals surface area contributed by atoms with E-state index in [1.54, 1.807) is 0 Å². The van der Waals surface area contributed by atoms with E-state index < -0.39 is 0 Å². The van der Waals surface area contributed by atoms with Gasteiger partial charge in [0.1, 0.15) is 5.75 Å². The number of amides is 1. The van der Waals surface area contributed by atoms with Gasteiger partial charge in [0.2, 0.25) is 5.91 Å². The summed E-state index contributed by atoms with van der Waals surface area (Å²) >= 11 is 0. The number of hydrogen-bond acceptors (Lipinski definition) is 3. The molecule has 2 rings (SSSR count). The Hall–Kier alpha value is -1.55. The van der Waals surface area contributed by atoms with E-state index in [0.29, 0.717) is 32.7 Å². The molecule has 1 aromatic rings. The lowest BCUT2D eigenvalue weighted by atomic mass is 10.2. The molecule has 0 unspecified atom stereocenters. The molecular weight excluding hydrogens is 230 g/mol. The molecule has 98 valence electrons. The van der Waals surface area contributed by atoms with E-state index in [1.165, 1.54) is 0 Å². The number of nitrogens with zero attached hydrogens (tertiary/aromatic N) is 1. The van der Waals surface area contributed by atoms with Crippen molar-refractivity contribution in [2.75, 3.05) is 26.3 Å². The molecule has 1 aliphatic heterocycles. The van der Waals surface area contributed by atoms with Gasteiger partial charge in [-0.25, -0.2) is 0 Å². The van der Waals surface area contributed by atoms with E-state index in [1.807, 2.05) is 42.2 Å². The number of carbonyl (C=O) groups excluding carboxylic acids is 1. The first-order valence-corrected chi connectivity index (χ1v) is 6.33. The van der Waals surface area contributed by atoms with Gasteiger partial charge in [-0.2, -0.15) is 0 Å². The Morgan fingerprint density at radius 2 is 2.22 bits per heavy atom. The zero-order valence-corrected chi connectivity index (χ0v) is 10.7. The van der Waals surface area contributed by atoms with Crippen molar-refractivity contribution in [2.24, 2.45) is 0 Å². The zero-order valence-electron chi connectivity index (χ0n) is 10.7. The fraction of sp³-hybridized carbons (Fsp3) is 0.500. The van der Waals surface area contributed by atoms with Crippen LogP contribution < -0.4 is 4.74 Å². The van der Waals surface area contributed by atoms with Gasteiger partial charge in [-0.15, -0.1) is 0 Å². The Bertz CT molecular complexity index is 380. The molecule has 1 amide bonds. The van der Waals surface area contributed by atoms with E-state index in [9.17, 15) is 4.79 Å². The molecule has 1 aromatic carbocycles. The lowest BCUT2D eigenvalue weighted by Gasteiger charge is -2.31. The molecule has 1 saturated heterocycles. The first kappa shape index (κ1) is 12.9. The zero-order chi connectivity index (χ0) is 12.8. The van der Waals surface area contributed by atoms with Crippen LogP contribution in [0.2, 0.25) is 0 Å². The third-order valence-corrected chi connectivity index (χ3v) is 2.92. The van der Waals surface area contributed by atoms with Crippen LogP contribution in [-0.2, 0) is 9.53 Å². The van der Waals surface area contributed by atoms with Crippen molar-refractivity contribution in [1.29, 1.82) is 0 Å². The normalized spacial score (nSPS) is 19.6. The number of morpholine rings is 1.